The summed E-state index contributed by atoms with van der Waals surface area (Å²) in [6, 6.07) is 4.60. The summed E-state index contributed by atoms with van der Waals surface area (Å²) in [5.74, 6) is 0.774. The van der Waals surface area contributed by atoms with E-state index in [9.17, 15) is 4.39 Å². The maximum Gasteiger partial charge on any atom is 0.225 e. The van der Waals surface area contributed by atoms with E-state index in [1.807, 2.05) is 0 Å². The van der Waals surface area contributed by atoms with Crippen molar-refractivity contribution in [2.45, 2.75) is 45.2 Å². The molecule has 2 N–H and O–H groups in total. The fraction of sp³-hybridized carbons (Fsp3) is 0.476. The van der Waals surface area contributed by atoms with Gasteiger partial charge in [0.2, 0.25) is 11.9 Å². The number of hydrogen-bond acceptors (Lipinski definition) is 6. The van der Waals surface area contributed by atoms with Gasteiger partial charge in [-0.3, -0.25) is 4.57 Å². The molecule has 3 aromatic rings. The number of piperidine rings is 1. The van der Waals surface area contributed by atoms with Crippen LogP contribution in [0.4, 0.5) is 22.0 Å². The molecule has 160 valence electrons. The Labute approximate surface area is 180 Å². The van der Waals surface area contributed by atoms with Crippen molar-refractivity contribution in [1.29, 1.82) is 0 Å². The zero-order valence-corrected chi connectivity index (χ0v) is 18.5. The molecule has 2 aromatic heterocycles. The zero-order chi connectivity index (χ0) is 21.5. The number of nitrogens with one attached hydrogen (secondary N) is 2. The third-order valence-corrected chi connectivity index (χ3v) is 5.31. The maximum absolute atomic E-state index is 13.9. The SMILES string of the molecule is CN1CCC(n2c(Nc3cc(F)cc(Cl)c3)nc3cnc(NC(C)(C)C)nc32)CC1. The van der Waals surface area contributed by atoms with E-state index in [4.69, 9.17) is 21.6 Å². The molecule has 0 amide bonds. The number of hydrogen-bond donors (Lipinski definition) is 2. The molecule has 1 aliphatic rings. The van der Waals surface area contributed by atoms with E-state index in [1.165, 1.54) is 12.1 Å². The summed E-state index contributed by atoms with van der Waals surface area (Å²) in [5, 5.41) is 6.90. The maximum atomic E-state index is 13.9. The van der Waals surface area contributed by atoms with Crippen LogP contribution in [0.25, 0.3) is 11.2 Å². The molecule has 30 heavy (non-hydrogen) atoms. The van der Waals surface area contributed by atoms with Crippen molar-refractivity contribution in [2.24, 2.45) is 0 Å². The summed E-state index contributed by atoms with van der Waals surface area (Å²) >= 11 is 6.04. The van der Waals surface area contributed by atoms with Crippen molar-refractivity contribution >= 4 is 40.3 Å². The lowest BCUT2D eigenvalue weighted by Gasteiger charge is -2.31. The van der Waals surface area contributed by atoms with Crippen LogP contribution in [0.1, 0.15) is 39.7 Å². The lowest BCUT2D eigenvalue weighted by molar-refractivity contribution is 0.224. The first-order valence-electron chi connectivity index (χ1n) is 10.1. The van der Waals surface area contributed by atoms with Gasteiger partial charge in [-0.25, -0.2) is 14.4 Å². The van der Waals surface area contributed by atoms with E-state index < -0.39 is 5.82 Å². The zero-order valence-electron chi connectivity index (χ0n) is 17.7. The smallest absolute Gasteiger partial charge is 0.225 e. The van der Waals surface area contributed by atoms with Crippen LogP contribution in [0, 0.1) is 5.82 Å². The number of halogens is 2. The molecule has 7 nitrogen and oxygen atoms in total. The molecule has 4 rings (SSSR count). The van der Waals surface area contributed by atoms with Crippen molar-refractivity contribution in [3.8, 4) is 0 Å². The van der Waals surface area contributed by atoms with Gasteiger partial charge in [0.05, 0.1) is 6.20 Å². The van der Waals surface area contributed by atoms with Crippen LogP contribution in [0.15, 0.2) is 24.4 Å². The van der Waals surface area contributed by atoms with Gasteiger partial charge < -0.3 is 15.5 Å². The summed E-state index contributed by atoms with van der Waals surface area (Å²) in [7, 11) is 2.13. The van der Waals surface area contributed by atoms with Gasteiger partial charge >= 0.3 is 0 Å². The van der Waals surface area contributed by atoms with Crippen LogP contribution in [-0.4, -0.2) is 50.1 Å². The number of benzene rings is 1. The van der Waals surface area contributed by atoms with Crippen LogP contribution >= 0.6 is 11.6 Å². The topological polar surface area (TPSA) is 70.9 Å². The second-order valence-electron chi connectivity index (χ2n) is 8.90. The summed E-state index contributed by atoms with van der Waals surface area (Å²) in [6.45, 7) is 8.18. The molecule has 0 spiro atoms. The Hall–Kier alpha value is -2.45. The predicted molar refractivity (Wildman–Crippen MR) is 119 cm³/mol. The highest BCUT2D eigenvalue weighted by Gasteiger charge is 2.25. The van der Waals surface area contributed by atoms with Gasteiger partial charge in [-0.2, -0.15) is 4.98 Å². The van der Waals surface area contributed by atoms with Gasteiger partial charge in [0.25, 0.3) is 0 Å². The lowest BCUT2D eigenvalue weighted by atomic mass is 10.1. The fourth-order valence-corrected chi connectivity index (χ4v) is 3.95. The molecule has 1 aliphatic heterocycles. The molecule has 1 fully saturated rings. The second kappa shape index (κ2) is 8.00. The van der Waals surface area contributed by atoms with Crippen LogP contribution in [0.3, 0.4) is 0 Å². The molecule has 0 bridgehead atoms. The van der Waals surface area contributed by atoms with Gasteiger partial charge in [-0.05, 0) is 71.9 Å². The molecular weight excluding hydrogens is 405 g/mol. The van der Waals surface area contributed by atoms with E-state index in [2.05, 4.69) is 52.9 Å². The Morgan fingerprint density at radius 2 is 1.87 bits per heavy atom. The quantitative estimate of drug-likeness (QED) is 0.616. The van der Waals surface area contributed by atoms with Crippen molar-refractivity contribution in [3.63, 3.8) is 0 Å². The number of anilines is 3. The summed E-state index contributed by atoms with van der Waals surface area (Å²) in [6.07, 6.45) is 3.69. The number of nitrogens with zero attached hydrogens (tertiary/aromatic N) is 5. The fourth-order valence-electron chi connectivity index (χ4n) is 3.73. The highest BCUT2D eigenvalue weighted by Crippen LogP contribution is 2.32. The van der Waals surface area contributed by atoms with Crippen LogP contribution < -0.4 is 10.6 Å². The number of aromatic nitrogens is 4. The molecule has 0 radical (unpaired) electrons. The minimum absolute atomic E-state index is 0.161. The van der Waals surface area contributed by atoms with Crippen LogP contribution in [-0.2, 0) is 0 Å². The molecule has 0 unspecified atom stereocenters. The minimum Gasteiger partial charge on any atom is -0.350 e. The highest BCUT2D eigenvalue weighted by molar-refractivity contribution is 6.30. The third-order valence-electron chi connectivity index (χ3n) is 5.09. The number of rotatable bonds is 4. The average Bonchev–Trinajstić information content (AvgIpc) is 2.97. The van der Waals surface area contributed by atoms with Crippen molar-refractivity contribution < 1.29 is 4.39 Å². The van der Waals surface area contributed by atoms with Gasteiger partial charge in [0.1, 0.15) is 11.3 Å². The molecule has 0 aliphatic carbocycles. The van der Waals surface area contributed by atoms with Gasteiger partial charge in [-0.1, -0.05) is 11.6 Å². The summed E-state index contributed by atoms with van der Waals surface area (Å²) in [4.78, 5) is 16.2. The van der Waals surface area contributed by atoms with Crippen molar-refractivity contribution in [3.05, 3.63) is 35.2 Å². The Balaban J connectivity index is 1.78. The van der Waals surface area contributed by atoms with Gasteiger partial charge in [-0.15, -0.1) is 0 Å². The second-order valence-corrected chi connectivity index (χ2v) is 9.34. The van der Waals surface area contributed by atoms with Crippen LogP contribution in [0.5, 0.6) is 0 Å². The minimum atomic E-state index is -0.400. The Morgan fingerprint density at radius 1 is 1.13 bits per heavy atom. The van der Waals surface area contributed by atoms with E-state index in [-0.39, 0.29) is 11.6 Å². The van der Waals surface area contributed by atoms with E-state index >= 15 is 0 Å². The monoisotopic (exact) mass is 431 g/mol. The first-order chi connectivity index (χ1) is 14.2. The Morgan fingerprint density at radius 3 is 2.53 bits per heavy atom. The molecule has 9 heteroatoms. The molecule has 3 heterocycles. The average molecular weight is 432 g/mol. The van der Waals surface area contributed by atoms with Gasteiger partial charge in [0, 0.05) is 22.3 Å². The standard InChI is InChI=1S/C21H27ClFN7/c1-21(2,3)28-19-24-12-17-18(27-19)30(16-5-7-29(4)8-6-16)20(26-17)25-15-10-13(22)9-14(23)11-15/h9-12,16H,5-8H2,1-4H3,(H,25,26)(H,24,27,28). The Kier molecular flexibility index (Phi) is 5.55. The third kappa shape index (κ3) is 4.65. The van der Waals surface area contributed by atoms with E-state index in [0.29, 0.717) is 28.1 Å². The molecule has 0 saturated carbocycles. The highest BCUT2D eigenvalue weighted by atomic mass is 35.5. The van der Waals surface area contributed by atoms with E-state index in [1.54, 1.807) is 12.3 Å². The first-order valence-corrected chi connectivity index (χ1v) is 10.5. The van der Waals surface area contributed by atoms with Crippen LogP contribution in [0.2, 0.25) is 5.02 Å². The lowest BCUT2D eigenvalue weighted by Crippen LogP contribution is -2.32. The van der Waals surface area contributed by atoms with Crippen molar-refractivity contribution in [1.82, 2.24) is 24.4 Å². The molecule has 0 atom stereocenters. The largest absolute Gasteiger partial charge is 0.350 e. The van der Waals surface area contributed by atoms with Gasteiger partial charge in [0.15, 0.2) is 5.65 Å². The van der Waals surface area contributed by atoms with E-state index in [0.717, 1.165) is 31.6 Å². The molecular formula is C21H27ClFN7. The predicted octanol–water partition coefficient (Wildman–Crippen LogP) is 4.84. The normalized spacial score (nSPS) is 16.2. The summed E-state index contributed by atoms with van der Waals surface area (Å²) < 4.78 is 16.0. The Bertz CT molecular complexity index is 1030. The first kappa shape index (κ1) is 20.8. The number of imidazole rings is 1. The summed E-state index contributed by atoms with van der Waals surface area (Å²) in [5.41, 5.74) is 1.84. The van der Waals surface area contributed by atoms with Crippen molar-refractivity contribution in [2.75, 3.05) is 30.8 Å². The number of fused-ring (bicyclic) bond motifs is 1. The molecule has 1 saturated heterocycles. The molecule has 1 aromatic carbocycles. The number of likely N-dealkylation sites (tertiary alicyclic amines) is 1.